The van der Waals surface area contributed by atoms with E-state index in [1.807, 2.05) is 48.6 Å². The summed E-state index contributed by atoms with van der Waals surface area (Å²) in [6.07, 6.45) is 19.2. The molecule has 0 radical (unpaired) electrons. The summed E-state index contributed by atoms with van der Waals surface area (Å²) in [4.78, 5) is 36.7. The standard InChI is InChI=1S/C64H60N2O2S2.C62H56N2O4S2.C4H8O/c1-5-49-25-19-27-51(43-49)23-13-15-39-67-59-45-58(62-36-38-64(70-62)66(54-31-11-8-12-32-54)56-34-18-22-48(4)42-56)60(68-40-16-14-24-52-28-20-26-50(6-2)44-52)46-57(59)61-35-37-63(69-61)65(53-29-9-7-10-30-53)55-33-17-21-47(3)41-55;1-45-17-13-29-53(37-45)63(51-25-5-3-6-26-51)61-33-31-59(69-61)55-41-58(68-36-12-10-20-48-22-16-24-50(40-48)44-66)56(42-57(55)67-35-11-9-19-47-21-15-23-49(39-47)43-65)60-32-34-62(70-60)64(52-27-7-4-8-28-52)54-30-14-18-46(2)38-54;1-2-4-5-3-1/h5-12,17-22,25-38,41-46H,1-2,13-16,23-24,39-40H2,3-4H3;3-8,13-18,21-34,37-44H,9-12,19-20,35-36H2,1-2H3;1-4H2. The summed E-state index contributed by atoms with van der Waals surface area (Å²) in [5.74, 6) is 3.29. The van der Waals surface area contributed by atoms with Crippen LogP contribution in [0.2, 0.25) is 0 Å². The highest BCUT2D eigenvalue weighted by Crippen LogP contribution is 2.54. The van der Waals surface area contributed by atoms with Crippen LogP contribution in [0.15, 0.2) is 401 Å². The van der Waals surface area contributed by atoms with E-state index >= 15 is 0 Å². The number of aryl methyl sites for hydroxylation is 8. The molecule has 730 valence electrons. The number of benzene rings is 14. The zero-order valence-electron chi connectivity index (χ0n) is 83.1. The van der Waals surface area contributed by atoms with Crippen LogP contribution in [0, 0.1) is 27.7 Å². The van der Waals surface area contributed by atoms with Crippen molar-refractivity contribution in [3.63, 3.8) is 0 Å². The summed E-state index contributed by atoms with van der Waals surface area (Å²) in [6.45, 7) is 20.7. The van der Waals surface area contributed by atoms with E-state index in [4.69, 9.17) is 23.7 Å². The van der Waals surface area contributed by atoms with E-state index in [-0.39, 0.29) is 0 Å². The highest BCUT2D eigenvalue weighted by Gasteiger charge is 2.27. The first-order valence-corrected chi connectivity index (χ1v) is 53.7. The molecule has 14 aromatic carbocycles. The fourth-order valence-electron chi connectivity index (χ4n) is 18.1. The number of hydrogen-bond acceptors (Lipinski definition) is 15. The van der Waals surface area contributed by atoms with Gasteiger partial charge < -0.3 is 43.3 Å². The Hall–Kier alpha value is -14.9. The normalized spacial score (nSPS) is 11.4. The maximum absolute atomic E-state index is 11.5. The van der Waals surface area contributed by atoms with Gasteiger partial charge in [-0.05, 0) is 355 Å². The smallest absolute Gasteiger partial charge is 0.150 e. The molecular weight excluding hydrogens is 1860 g/mol. The first kappa shape index (κ1) is 102. The lowest BCUT2D eigenvalue weighted by Gasteiger charge is -2.24. The van der Waals surface area contributed by atoms with Gasteiger partial charge in [0.05, 0.1) is 26.4 Å². The van der Waals surface area contributed by atoms with Crippen molar-refractivity contribution in [3.05, 3.63) is 468 Å². The van der Waals surface area contributed by atoms with Gasteiger partial charge in [0.2, 0.25) is 0 Å². The molecule has 0 spiro atoms. The number of unbranched alkanes of at least 4 members (excludes halogenated alkanes) is 4. The minimum atomic E-state index is 0.522. The maximum atomic E-state index is 11.5. The number of anilines is 12. The van der Waals surface area contributed by atoms with E-state index < -0.39 is 0 Å². The molecule has 18 aromatic rings. The van der Waals surface area contributed by atoms with E-state index in [0.29, 0.717) is 37.6 Å². The summed E-state index contributed by atoms with van der Waals surface area (Å²) in [5, 5.41) is 4.40. The summed E-state index contributed by atoms with van der Waals surface area (Å²) >= 11 is 6.99. The second-order valence-corrected chi connectivity index (χ2v) is 40.7. The van der Waals surface area contributed by atoms with Gasteiger partial charge in [-0.15, -0.1) is 45.3 Å². The third-order valence-electron chi connectivity index (χ3n) is 25.4. The highest BCUT2D eigenvalue weighted by molar-refractivity contribution is 7.20. The van der Waals surface area contributed by atoms with E-state index in [0.717, 1.165) is 255 Å². The molecule has 0 amide bonds. The minimum Gasteiger partial charge on any atom is -0.493 e. The summed E-state index contributed by atoms with van der Waals surface area (Å²) in [7, 11) is 0. The molecule has 19 rings (SSSR count). The Bertz CT molecular complexity index is 6410. The number of carbonyl (C=O) groups excluding carboxylic acids is 2. The number of hydrogen-bond donors (Lipinski definition) is 0. The zero-order chi connectivity index (χ0) is 99.7. The molecule has 0 bridgehead atoms. The lowest BCUT2D eigenvalue weighted by molar-refractivity contribution is 0.111. The first-order valence-electron chi connectivity index (χ1n) is 50.4. The van der Waals surface area contributed by atoms with Gasteiger partial charge in [-0.3, -0.25) is 9.59 Å². The molecule has 15 heteroatoms. The summed E-state index contributed by atoms with van der Waals surface area (Å²) in [6, 6.07) is 137. The van der Waals surface area contributed by atoms with Crippen molar-refractivity contribution in [2.24, 2.45) is 0 Å². The molecule has 1 saturated heterocycles. The van der Waals surface area contributed by atoms with Gasteiger partial charge in [0.1, 0.15) is 55.6 Å². The van der Waals surface area contributed by atoms with Gasteiger partial charge in [-0.1, -0.05) is 232 Å². The largest absolute Gasteiger partial charge is 0.493 e. The molecule has 1 aliphatic rings. The molecule has 1 aliphatic heterocycles. The molecule has 0 unspecified atom stereocenters. The number of ether oxygens (including phenoxy) is 5. The lowest BCUT2D eigenvalue weighted by Crippen LogP contribution is -2.08. The SMILES string of the molecule is C1CCOC1.C=Cc1cccc(CCCCOc2cc(-c3ccc(N(c4ccccc4)c4cccc(C)c4)s3)c(OCCCCc3cccc(C=C)c3)cc2-c2ccc(N(c3ccccc3)c3cccc(C)c3)s2)c1.Cc1cccc(N(c2ccccc2)c2ccc(-c3cc(OCCCCc4cccc(C=O)c4)c(-c4ccc(N(c5ccccc5)c5cccc(C)c5)s4)cc3OCCCCc3cccc(C=O)c3)s2)c1. The second-order valence-electron chi connectivity index (χ2n) is 36.4. The fourth-order valence-corrected chi connectivity index (χ4v) is 22.4. The Kier molecular flexibility index (Phi) is 36.3. The Labute approximate surface area is 871 Å². The van der Waals surface area contributed by atoms with Crippen LogP contribution in [0.25, 0.3) is 53.9 Å². The van der Waals surface area contributed by atoms with Gasteiger partial charge in [-0.25, -0.2) is 0 Å². The number of carbonyl (C=O) groups is 2. The molecule has 0 aliphatic carbocycles. The molecule has 0 N–H and O–H groups in total. The second kappa shape index (κ2) is 51.8. The molecule has 5 heterocycles. The number of rotatable bonds is 44. The van der Waals surface area contributed by atoms with E-state index in [2.05, 4.69) is 412 Å². The van der Waals surface area contributed by atoms with Gasteiger partial charge in [0.15, 0.2) is 0 Å². The van der Waals surface area contributed by atoms with Crippen molar-refractivity contribution in [1.82, 2.24) is 0 Å². The minimum absolute atomic E-state index is 0.522. The van der Waals surface area contributed by atoms with Crippen LogP contribution in [-0.2, 0) is 30.4 Å². The molecule has 0 saturated carbocycles. The number of para-hydroxylation sites is 4. The van der Waals surface area contributed by atoms with Crippen molar-refractivity contribution in [1.29, 1.82) is 0 Å². The monoisotopic (exact) mass is 1980 g/mol. The van der Waals surface area contributed by atoms with E-state index in [1.165, 1.54) is 46.2 Å². The third kappa shape index (κ3) is 27.7. The average molecular weight is 1980 g/mol. The average Bonchev–Trinajstić information content (AvgIpc) is 1.58. The predicted molar refractivity (Wildman–Crippen MR) is 614 cm³/mol. The van der Waals surface area contributed by atoms with Crippen molar-refractivity contribution in [2.75, 3.05) is 59.2 Å². The van der Waals surface area contributed by atoms with Crippen molar-refractivity contribution >= 4 is 136 Å². The zero-order valence-corrected chi connectivity index (χ0v) is 86.4. The predicted octanol–water partition coefficient (Wildman–Crippen LogP) is 36.7. The van der Waals surface area contributed by atoms with Crippen LogP contribution in [0.5, 0.6) is 23.0 Å². The number of thiophene rings is 4. The summed E-state index contributed by atoms with van der Waals surface area (Å²) < 4.78 is 32.7. The Morgan fingerprint density at radius 2 is 0.490 bits per heavy atom. The molecule has 11 nitrogen and oxygen atoms in total. The Morgan fingerprint density at radius 3 is 0.717 bits per heavy atom. The van der Waals surface area contributed by atoms with Crippen molar-refractivity contribution in [2.45, 2.75) is 118 Å². The summed E-state index contributed by atoms with van der Waals surface area (Å²) in [5.41, 5.74) is 26.2. The Morgan fingerprint density at radius 1 is 0.255 bits per heavy atom. The lowest BCUT2D eigenvalue weighted by atomic mass is 10.0. The topological polar surface area (TPSA) is 93.2 Å². The van der Waals surface area contributed by atoms with Crippen molar-refractivity contribution in [3.8, 4) is 64.8 Å². The third-order valence-corrected chi connectivity index (χ3v) is 29.8. The van der Waals surface area contributed by atoms with Gasteiger partial charge >= 0.3 is 0 Å². The molecule has 4 aromatic heterocycles. The van der Waals surface area contributed by atoms with Crippen LogP contribution in [0.3, 0.4) is 0 Å². The van der Waals surface area contributed by atoms with Gasteiger partial charge in [0, 0.05) is 112 Å². The highest BCUT2D eigenvalue weighted by atomic mass is 32.1. The van der Waals surface area contributed by atoms with Crippen molar-refractivity contribution < 1.29 is 33.3 Å². The quantitative estimate of drug-likeness (QED) is 0.0270. The van der Waals surface area contributed by atoms with Crippen LogP contribution < -0.4 is 38.5 Å². The molecule has 145 heavy (non-hydrogen) atoms. The number of nitrogens with zero attached hydrogens (tertiary/aromatic N) is 4. The van der Waals surface area contributed by atoms with E-state index in [1.54, 1.807) is 45.3 Å². The van der Waals surface area contributed by atoms with E-state index in [9.17, 15) is 9.59 Å². The van der Waals surface area contributed by atoms with Crippen LogP contribution in [-0.4, -0.2) is 52.2 Å². The first-order chi connectivity index (χ1) is 71.3. The van der Waals surface area contributed by atoms with Gasteiger partial charge in [0.25, 0.3) is 0 Å². The fraction of sp³-hybridized carbons (Fsp3) is 0.185. The van der Waals surface area contributed by atoms with Gasteiger partial charge in [-0.2, -0.15) is 0 Å². The van der Waals surface area contributed by atoms with Crippen LogP contribution >= 0.6 is 45.3 Å². The Balaban J connectivity index is 0.000000189. The molecule has 1 fully saturated rings. The maximum Gasteiger partial charge on any atom is 0.150 e. The number of aldehydes is 2. The molecule has 0 atom stereocenters. The van der Waals surface area contributed by atoms with Crippen LogP contribution in [0.4, 0.5) is 65.5 Å². The molecular formula is C130H124N4O7S4. The van der Waals surface area contributed by atoms with Crippen LogP contribution in [0.1, 0.15) is 141 Å².